The molecule has 0 saturated carbocycles. The van der Waals surface area contributed by atoms with Gasteiger partial charge in [0.15, 0.2) is 11.5 Å². The van der Waals surface area contributed by atoms with Crippen LogP contribution in [-0.2, 0) is 10.2 Å². The summed E-state index contributed by atoms with van der Waals surface area (Å²) in [5.74, 6) is 0.212. The van der Waals surface area contributed by atoms with Crippen LogP contribution < -0.4 is 21.3 Å². The lowest BCUT2D eigenvalue weighted by Crippen LogP contribution is -2.50. The number of nitrogens with one attached hydrogen (secondary N) is 2. The molecular formula is C30H44N8O4. The van der Waals surface area contributed by atoms with Crippen molar-refractivity contribution in [1.29, 1.82) is 0 Å². The highest BCUT2D eigenvalue weighted by Crippen LogP contribution is 2.36. The highest BCUT2D eigenvalue weighted by molar-refractivity contribution is 5.96. The normalized spacial score (nSPS) is 18.7. The van der Waals surface area contributed by atoms with Crippen molar-refractivity contribution in [2.75, 3.05) is 50.5 Å². The zero-order valence-electron chi connectivity index (χ0n) is 25.6. The van der Waals surface area contributed by atoms with E-state index in [4.69, 9.17) is 15.5 Å². The van der Waals surface area contributed by atoms with Crippen LogP contribution in [0.1, 0.15) is 69.4 Å². The first-order valence-corrected chi connectivity index (χ1v) is 14.5. The van der Waals surface area contributed by atoms with Crippen LogP contribution >= 0.6 is 0 Å². The third-order valence-electron chi connectivity index (χ3n) is 7.84. The highest BCUT2D eigenvalue weighted by atomic mass is 16.6. The minimum Gasteiger partial charge on any atom is -0.444 e. The van der Waals surface area contributed by atoms with Crippen LogP contribution in [0.2, 0.25) is 0 Å². The minimum atomic E-state index is -0.674. The molecule has 12 nitrogen and oxygen atoms in total. The Morgan fingerprint density at radius 2 is 1.76 bits per heavy atom. The Hall–Kier alpha value is -4.09. The molecular weight excluding hydrogens is 536 g/mol. The number of piperidine rings is 2. The maximum absolute atomic E-state index is 12.5. The number of primary amides is 1. The van der Waals surface area contributed by atoms with Crippen LogP contribution in [0.15, 0.2) is 30.5 Å². The second-order valence-corrected chi connectivity index (χ2v) is 12.6. The largest absolute Gasteiger partial charge is 0.444 e. The van der Waals surface area contributed by atoms with Gasteiger partial charge in [-0.05, 0) is 69.6 Å². The average molecular weight is 581 g/mol. The van der Waals surface area contributed by atoms with Crippen molar-refractivity contribution >= 4 is 35.4 Å². The number of anilines is 3. The molecule has 2 saturated heterocycles. The predicted molar refractivity (Wildman–Crippen MR) is 162 cm³/mol. The number of hydrogen-bond acceptors (Lipinski definition) is 8. The Morgan fingerprint density at radius 1 is 1.10 bits per heavy atom. The van der Waals surface area contributed by atoms with Crippen LogP contribution in [0.3, 0.4) is 0 Å². The molecule has 0 spiro atoms. The van der Waals surface area contributed by atoms with Crippen molar-refractivity contribution in [3.8, 4) is 0 Å². The molecule has 2 aromatic rings. The number of likely N-dealkylation sites (tertiary alicyclic amines) is 1. The van der Waals surface area contributed by atoms with E-state index in [1.807, 2.05) is 32.9 Å². The standard InChI is InChI=1S/C30H44N8O4/c1-29(2,3)42-28(41)37-16-13-30(4,14-17-37)20-9-11-21(12-10-20)33-26-24(25(31)39)32-18-23(35-26)38-15-7-8-22(19-38)34-27(40)36(5)6/h9-12,18,22H,7-8,13-17,19H2,1-6H3,(H2,31,39)(H,33,35)(H,34,40)/t22-/m1/s1. The Kier molecular flexibility index (Phi) is 9.12. The van der Waals surface area contributed by atoms with Gasteiger partial charge < -0.3 is 35.8 Å². The molecule has 42 heavy (non-hydrogen) atoms. The number of ether oxygens (including phenoxy) is 1. The van der Waals surface area contributed by atoms with Gasteiger partial charge in [0.2, 0.25) is 0 Å². The number of urea groups is 1. The maximum Gasteiger partial charge on any atom is 0.410 e. The molecule has 2 aliphatic heterocycles. The number of benzene rings is 1. The van der Waals surface area contributed by atoms with E-state index in [-0.39, 0.29) is 35.1 Å². The Bertz CT molecular complexity index is 1280. The molecule has 2 fully saturated rings. The first kappa shape index (κ1) is 30.9. The van der Waals surface area contributed by atoms with Crippen LogP contribution in [0.4, 0.5) is 26.9 Å². The lowest BCUT2D eigenvalue weighted by Gasteiger charge is -2.40. The number of rotatable bonds is 6. The summed E-state index contributed by atoms with van der Waals surface area (Å²) in [6.07, 6.45) is 4.69. The smallest absolute Gasteiger partial charge is 0.410 e. The molecule has 1 aromatic heterocycles. The lowest BCUT2D eigenvalue weighted by molar-refractivity contribution is 0.0171. The molecule has 228 valence electrons. The van der Waals surface area contributed by atoms with Crippen molar-refractivity contribution in [2.24, 2.45) is 5.73 Å². The van der Waals surface area contributed by atoms with E-state index in [0.29, 0.717) is 25.5 Å². The molecule has 1 aromatic carbocycles. The van der Waals surface area contributed by atoms with Crippen LogP contribution in [0, 0.1) is 0 Å². The molecule has 2 aliphatic rings. The van der Waals surface area contributed by atoms with E-state index in [9.17, 15) is 14.4 Å². The van der Waals surface area contributed by atoms with Gasteiger partial charge in [-0.1, -0.05) is 19.1 Å². The van der Waals surface area contributed by atoms with Crippen molar-refractivity contribution in [2.45, 2.75) is 70.4 Å². The summed E-state index contributed by atoms with van der Waals surface area (Å²) in [4.78, 5) is 51.2. The average Bonchev–Trinajstić information content (AvgIpc) is 2.92. The second-order valence-electron chi connectivity index (χ2n) is 12.6. The summed E-state index contributed by atoms with van der Waals surface area (Å²) in [6.45, 7) is 10.5. The number of nitrogens with zero attached hydrogens (tertiary/aromatic N) is 5. The lowest BCUT2D eigenvalue weighted by atomic mass is 9.74. The molecule has 0 bridgehead atoms. The summed E-state index contributed by atoms with van der Waals surface area (Å²) in [7, 11) is 3.42. The summed E-state index contributed by atoms with van der Waals surface area (Å²) < 4.78 is 5.54. The van der Waals surface area contributed by atoms with Gasteiger partial charge in [0.05, 0.1) is 6.20 Å². The van der Waals surface area contributed by atoms with Crippen LogP contribution in [0.25, 0.3) is 0 Å². The summed E-state index contributed by atoms with van der Waals surface area (Å²) >= 11 is 0. The van der Waals surface area contributed by atoms with Gasteiger partial charge in [0.1, 0.15) is 11.4 Å². The van der Waals surface area contributed by atoms with Crippen molar-refractivity contribution < 1.29 is 19.1 Å². The van der Waals surface area contributed by atoms with Crippen LogP contribution in [0.5, 0.6) is 0 Å². The number of nitrogens with two attached hydrogens (primary N) is 1. The quantitative estimate of drug-likeness (QED) is 0.467. The molecule has 0 aliphatic carbocycles. The third kappa shape index (κ3) is 7.59. The highest BCUT2D eigenvalue weighted by Gasteiger charge is 2.35. The minimum absolute atomic E-state index is 0.0208. The number of amides is 4. The van der Waals surface area contributed by atoms with E-state index >= 15 is 0 Å². The summed E-state index contributed by atoms with van der Waals surface area (Å²) in [5, 5.41) is 6.27. The fourth-order valence-corrected chi connectivity index (χ4v) is 5.30. The van der Waals surface area contributed by atoms with Crippen molar-refractivity contribution in [1.82, 2.24) is 25.1 Å². The van der Waals surface area contributed by atoms with Gasteiger partial charge in [-0.2, -0.15) is 0 Å². The van der Waals surface area contributed by atoms with Gasteiger partial charge in [0, 0.05) is 52.0 Å². The predicted octanol–water partition coefficient (Wildman–Crippen LogP) is 3.85. The molecule has 12 heteroatoms. The summed E-state index contributed by atoms with van der Waals surface area (Å²) in [6, 6.07) is 7.88. The van der Waals surface area contributed by atoms with E-state index < -0.39 is 11.5 Å². The Morgan fingerprint density at radius 3 is 2.36 bits per heavy atom. The number of aromatic nitrogens is 2. The van der Waals surface area contributed by atoms with Gasteiger partial charge in [-0.25, -0.2) is 19.6 Å². The van der Waals surface area contributed by atoms with E-state index in [0.717, 1.165) is 37.9 Å². The fraction of sp³-hybridized carbons (Fsp3) is 0.567. The monoisotopic (exact) mass is 580 g/mol. The van der Waals surface area contributed by atoms with Crippen LogP contribution in [-0.4, -0.2) is 89.7 Å². The first-order valence-electron chi connectivity index (χ1n) is 14.5. The SMILES string of the molecule is CN(C)C(=O)N[C@@H]1CCCN(c2cnc(C(N)=O)c(Nc3ccc(C4(C)CCN(C(=O)OC(C)(C)C)CC4)cc3)n2)C1. The number of carbonyl (C=O) groups excluding carboxylic acids is 3. The Balaban J connectivity index is 1.44. The zero-order valence-corrected chi connectivity index (χ0v) is 25.6. The molecule has 1 atom stereocenters. The van der Waals surface area contributed by atoms with Crippen molar-refractivity contribution in [3.05, 3.63) is 41.7 Å². The van der Waals surface area contributed by atoms with Gasteiger partial charge in [-0.3, -0.25) is 4.79 Å². The molecule has 4 N–H and O–H groups in total. The molecule has 4 rings (SSSR count). The third-order valence-corrected chi connectivity index (χ3v) is 7.84. The topological polar surface area (TPSA) is 146 Å². The fourth-order valence-electron chi connectivity index (χ4n) is 5.30. The molecule has 3 heterocycles. The van der Waals surface area contributed by atoms with E-state index in [1.54, 1.807) is 25.2 Å². The second kappa shape index (κ2) is 12.4. The Labute approximate surface area is 248 Å². The molecule has 0 radical (unpaired) electrons. The summed E-state index contributed by atoms with van der Waals surface area (Å²) in [5.41, 5.74) is 7.00. The zero-order chi connectivity index (χ0) is 30.7. The number of hydrogen-bond donors (Lipinski definition) is 3. The maximum atomic E-state index is 12.5. The first-order chi connectivity index (χ1) is 19.7. The van der Waals surface area contributed by atoms with E-state index in [1.165, 1.54) is 10.5 Å². The van der Waals surface area contributed by atoms with E-state index in [2.05, 4.69) is 39.6 Å². The molecule has 4 amide bonds. The van der Waals surface area contributed by atoms with Gasteiger partial charge >= 0.3 is 12.1 Å². The molecule has 0 unspecified atom stereocenters. The van der Waals surface area contributed by atoms with Gasteiger partial charge in [-0.15, -0.1) is 0 Å². The number of carbonyl (C=O) groups is 3. The van der Waals surface area contributed by atoms with Gasteiger partial charge in [0.25, 0.3) is 5.91 Å². The van der Waals surface area contributed by atoms with Crippen molar-refractivity contribution in [3.63, 3.8) is 0 Å².